The summed E-state index contributed by atoms with van der Waals surface area (Å²) in [5.41, 5.74) is 6.51. The van der Waals surface area contributed by atoms with E-state index in [0.29, 0.717) is 19.6 Å². The number of amides is 1. The Morgan fingerprint density at radius 3 is 1.94 bits per heavy atom. The van der Waals surface area contributed by atoms with Crippen molar-refractivity contribution in [1.29, 1.82) is 0 Å². The molecule has 32 heavy (non-hydrogen) atoms. The summed E-state index contributed by atoms with van der Waals surface area (Å²) in [6.45, 7) is 5.97. The van der Waals surface area contributed by atoms with Crippen LogP contribution in [0.15, 0.2) is 60.7 Å². The summed E-state index contributed by atoms with van der Waals surface area (Å²) < 4.78 is 18.8. The molecule has 3 rings (SSSR count). The van der Waals surface area contributed by atoms with E-state index in [1.54, 1.807) is 6.92 Å². The molecule has 6 heteroatoms. The van der Waals surface area contributed by atoms with E-state index in [-0.39, 0.29) is 24.4 Å². The van der Waals surface area contributed by atoms with Crippen molar-refractivity contribution in [2.75, 3.05) is 0 Å². The molecule has 2 aromatic carbocycles. The van der Waals surface area contributed by atoms with Gasteiger partial charge in [-0.05, 0) is 31.9 Å². The maximum absolute atomic E-state index is 12.6. The summed E-state index contributed by atoms with van der Waals surface area (Å²) in [6, 6.07) is 19.8. The van der Waals surface area contributed by atoms with E-state index in [1.807, 2.05) is 67.6 Å². The Balaban J connectivity index is 1.79. The average molecular weight is 440 g/mol. The number of hydrogen-bond acceptors (Lipinski definition) is 5. The summed E-state index contributed by atoms with van der Waals surface area (Å²) in [5, 5.41) is 0. The van der Waals surface area contributed by atoms with Crippen molar-refractivity contribution >= 4 is 11.7 Å². The van der Waals surface area contributed by atoms with Crippen LogP contribution in [0.1, 0.15) is 44.7 Å². The van der Waals surface area contributed by atoms with Crippen molar-refractivity contribution in [3.8, 4) is 0 Å². The molecule has 172 valence electrons. The smallest absolute Gasteiger partial charge is 0.218 e. The molecule has 0 radical (unpaired) electrons. The molecule has 1 amide bonds. The highest BCUT2D eigenvalue weighted by atomic mass is 16.6. The first-order valence-corrected chi connectivity index (χ1v) is 11.1. The Morgan fingerprint density at radius 2 is 1.47 bits per heavy atom. The van der Waals surface area contributed by atoms with E-state index in [2.05, 4.69) is 0 Å². The lowest BCUT2D eigenvalue weighted by Gasteiger charge is -2.46. The first kappa shape index (κ1) is 24.1. The molecule has 6 nitrogen and oxygen atoms in total. The van der Waals surface area contributed by atoms with Gasteiger partial charge in [0.05, 0.1) is 43.0 Å². The van der Waals surface area contributed by atoms with Gasteiger partial charge in [-0.2, -0.15) is 0 Å². The molecule has 0 spiro atoms. The summed E-state index contributed by atoms with van der Waals surface area (Å²) in [4.78, 5) is 24.4. The standard InChI is InChI=1S/C26H33NO5/c1-18-22(30-16-20-10-6-4-7-11-20)14-23(31-17-21-12-8-5-9-13-21)25(32-18)26(3,19(2)28)15-24(27)29/h4-13,18,22-23,25H,14-17H2,1-3H3,(H2,27,29)/t18-,22-,23-,25-,26-/m1/s1. The van der Waals surface area contributed by atoms with Gasteiger partial charge in [0.1, 0.15) is 5.78 Å². The molecule has 1 saturated heterocycles. The Bertz CT molecular complexity index is 888. The van der Waals surface area contributed by atoms with Crippen LogP contribution in [0.3, 0.4) is 0 Å². The Labute approximate surface area is 190 Å². The van der Waals surface area contributed by atoms with Crippen molar-refractivity contribution in [3.05, 3.63) is 71.8 Å². The monoisotopic (exact) mass is 439 g/mol. The number of Topliss-reactive ketones (excluding diaryl/α,β-unsaturated/α-hetero) is 1. The number of ketones is 1. The van der Waals surface area contributed by atoms with Gasteiger partial charge in [-0.1, -0.05) is 60.7 Å². The Kier molecular flexibility index (Phi) is 8.18. The van der Waals surface area contributed by atoms with Crippen molar-refractivity contribution in [2.24, 2.45) is 11.1 Å². The maximum atomic E-state index is 12.6. The van der Waals surface area contributed by atoms with Crippen molar-refractivity contribution < 1.29 is 23.8 Å². The molecule has 1 aliphatic rings. The molecule has 1 fully saturated rings. The summed E-state index contributed by atoms with van der Waals surface area (Å²) in [6.07, 6.45) is -1.07. The van der Waals surface area contributed by atoms with Crippen molar-refractivity contribution in [1.82, 2.24) is 0 Å². The fourth-order valence-corrected chi connectivity index (χ4v) is 4.21. The van der Waals surface area contributed by atoms with Crippen LogP contribution in [-0.4, -0.2) is 36.1 Å². The fraction of sp³-hybridized carbons (Fsp3) is 0.462. The number of primary amides is 1. The zero-order chi connectivity index (χ0) is 23.1. The number of carbonyl (C=O) groups is 2. The number of benzene rings is 2. The van der Waals surface area contributed by atoms with Crippen LogP contribution in [0.25, 0.3) is 0 Å². The molecule has 0 unspecified atom stereocenters. The van der Waals surface area contributed by atoms with Gasteiger partial charge in [0, 0.05) is 12.8 Å². The molecule has 1 heterocycles. The van der Waals surface area contributed by atoms with E-state index >= 15 is 0 Å². The highest BCUT2D eigenvalue weighted by Crippen LogP contribution is 2.39. The molecule has 2 N–H and O–H groups in total. The van der Waals surface area contributed by atoms with Gasteiger partial charge in [-0.3, -0.25) is 9.59 Å². The SMILES string of the molecule is CC(=O)[C@@](C)(CC(N)=O)[C@@H]1O[C@H](C)[C@H](OCc2ccccc2)C[C@H]1OCc1ccccc1. The zero-order valence-corrected chi connectivity index (χ0v) is 19.0. The highest BCUT2D eigenvalue weighted by molar-refractivity contribution is 5.88. The zero-order valence-electron chi connectivity index (χ0n) is 19.0. The van der Waals surface area contributed by atoms with Gasteiger partial charge in [0.2, 0.25) is 5.91 Å². The lowest BCUT2D eigenvalue weighted by atomic mass is 9.73. The van der Waals surface area contributed by atoms with E-state index in [0.717, 1.165) is 11.1 Å². The van der Waals surface area contributed by atoms with Crippen molar-refractivity contribution in [3.63, 3.8) is 0 Å². The summed E-state index contributed by atoms with van der Waals surface area (Å²) in [5.74, 6) is -0.686. The number of nitrogens with two attached hydrogens (primary N) is 1. The fourth-order valence-electron chi connectivity index (χ4n) is 4.21. The Morgan fingerprint density at radius 1 is 0.969 bits per heavy atom. The molecule has 0 saturated carbocycles. The maximum Gasteiger partial charge on any atom is 0.218 e. The van der Waals surface area contributed by atoms with Crippen LogP contribution in [0.5, 0.6) is 0 Å². The normalized spacial score (nSPS) is 25.1. The van der Waals surface area contributed by atoms with Crippen LogP contribution in [0.4, 0.5) is 0 Å². The third-order valence-corrected chi connectivity index (χ3v) is 6.27. The molecule has 0 aliphatic carbocycles. The van der Waals surface area contributed by atoms with Gasteiger partial charge in [-0.25, -0.2) is 0 Å². The summed E-state index contributed by atoms with van der Waals surface area (Å²) in [7, 11) is 0. The van der Waals surface area contributed by atoms with E-state index < -0.39 is 23.5 Å². The highest BCUT2D eigenvalue weighted by Gasteiger charge is 2.50. The van der Waals surface area contributed by atoms with Crippen LogP contribution in [-0.2, 0) is 37.0 Å². The average Bonchev–Trinajstić information content (AvgIpc) is 2.78. The first-order valence-electron chi connectivity index (χ1n) is 11.1. The number of hydrogen-bond donors (Lipinski definition) is 1. The molecule has 2 aromatic rings. The van der Waals surface area contributed by atoms with Gasteiger partial charge < -0.3 is 19.9 Å². The molecular weight excluding hydrogens is 406 g/mol. The van der Waals surface area contributed by atoms with Gasteiger partial charge in [0.25, 0.3) is 0 Å². The Hall–Kier alpha value is -2.54. The van der Waals surface area contributed by atoms with Gasteiger partial charge >= 0.3 is 0 Å². The van der Waals surface area contributed by atoms with E-state index in [4.69, 9.17) is 19.9 Å². The minimum atomic E-state index is -1.08. The third kappa shape index (κ3) is 6.03. The minimum Gasteiger partial charge on any atom is -0.371 e. The second kappa shape index (κ2) is 10.9. The van der Waals surface area contributed by atoms with Crippen LogP contribution < -0.4 is 5.73 Å². The predicted octanol–water partition coefficient (Wildman–Crippen LogP) is 3.81. The molecule has 1 aliphatic heterocycles. The van der Waals surface area contributed by atoms with Gasteiger partial charge in [-0.15, -0.1) is 0 Å². The number of carbonyl (C=O) groups excluding carboxylic acids is 2. The molecular formula is C26H33NO5. The van der Waals surface area contributed by atoms with Crippen LogP contribution in [0.2, 0.25) is 0 Å². The minimum absolute atomic E-state index is 0.0968. The van der Waals surface area contributed by atoms with Crippen LogP contribution in [0, 0.1) is 5.41 Å². The van der Waals surface area contributed by atoms with Crippen LogP contribution >= 0.6 is 0 Å². The van der Waals surface area contributed by atoms with E-state index in [9.17, 15) is 9.59 Å². The molecule has 0 aromatic heterocycles. The molecule has 0 bridgehead atoms. The largest absolute Gasteiger partial charge is 0.371 e. The summed E-state index contributed by atoms with van der Waals surface area (Å²) >= 11 is 0. The van der Waals surface area contributed by atoms with Gasteiger partial charge in [0.15, 0.2) is 0 Å². The third-order valence-electron chi connectivity index (χ3n) is 6.27. The van der Waals surface area contributed by atoms with E-state index in [1.165, 1.54) is 6.92 Å². The number of rotatable bonds is 10. The second-order valence-electron chi connectivity index (χ2n) is 8.78. The number of ether oxygens (including phenoxy) is 3. The first-order chi connectivity index (χ1) is 15.3. The second-order valence-corrected chi connectivity index (χ2v) is 8.78. The predicted molar refractivity (Wildman–Crippen MR) is 122 cm³/mol. The topological polar surface area (TPSA) is 87.9 Å². The quantitative estimate of drug-likeness (QED) is 0.608. The molecule has 5 atom stereocenters. The lowest BCUT2D eigenvalue weighted by molar-refractivity contribution is -0.225. The van der Waals surface area contributed by atoms with Crippen molar-refractivity contribution in [2.45, 2.75) is 71.2 Å². The lowest BCUT2D eigenvalue weighted by Crippen LogP contribution is -2.57.